The van der Waals surface area contributed by atoms with Crippen LogP contribution in [0, 0.1) is 0 Å². The minimum Gasteiger partial charge on any atom is -0.315 e. The number of aromatic nitrogens is 1. The van der Waals surface area contributed by atoms with Gasteiger partial charge in [-0.1, -0.05) is 24.3 Å². The molecule has 1 aromatic heterocycles. The second kappa shape index (κ2) is 2.77. The first kappa shape index (κ1) is 9.66. The molecule has 1 aliphatic rings. The molecule has 1 fully saturated rings. The Morgan fingerprint density at radius 3 is 2.50 bits per heavy atom. The first-order chi connectivity index (χ1) is 7.53. The Hall–Kier alpha value is -1.55. The first-order valence-electron chi connectivity index (χ1n) is 5.06. The van der Waals surface area contributed by atoms with Gasteiger partial charge in [0.05, 0.1) is 11.2 Å². The molecule has 82 valence electrons. The molecule has 1 aliphatic carbocycles. The lowest BCUT2D eigenvalue weighted by Gasteiger charge is -2.10. The van der Waals surface area contributed by atoms with Crippen molar-refractivity contribution in [2.45, 2.75) is 17.9 Å². The molecule has 2 nitrogen and oxygen atoms in total. The van der Waals surface area contributed by atoms with E-state index >= 15 is 0 Å². The van der Waals surface area contributed by atoms with E-state index in [2.05, 4.69) is 4.98 Å². The number of hydrogen-bond acceptors (Lipinski definition) is 2. The van der Waals surface area contributed by atoms with Gasteiger partial charge in [0.15, 0.2) is 0 Å². The SMILES string of the molecule is NC1(c2ccc3ccccc3n2)CC1(F)F. The van der Waals surface area contributed by atoms with Gasteiger partial charge in [-0.15, -0.1) is 0 Å². The van der Waals surface area contributed by atoms with Crippen LogP contribution < -0.4 is 5.73 Å². The van der Waals surface area contributed by atoms with E-state index < -0.39 is 11.5 Å². The lowest BCUT2D eigenvalue weighted by Crippen LogP contribution is -2.28. The monoisotopic (exact) mass is 220 g/mol. The average molecular weight is 220 g/mol. The van der Waals surface area contributed by atoms with Crippen LogP contribution in [0.1, 0.15) is 12.1 Å². The summed E-state index contributed by atoms with van der Waals surface area (Å²) in [5.74, 6) is -2.82. The maximum Gasteiger partial charge on any atom is 0.273 e. The van der Waals surface area contributed by atoms with E-state index in [1.165, 1.54) is 0 Å². The van der Waals surface area contributed by atoms with Crippen LogP contribution in [0.3, 0.4) is 0 Å². The summed E-state index contributed by atoms with van der Waals surface area (Å²) >= 11 is 0. The van der Waals surface area contributed by atoms with E-state index in [4.69, 9.17) is 5.73 Å². The van der Waals surface area contributed by atoms with Gasteiger partial charge < -0.3 is 5.73 Å². The summed E-state index contributed by atoms with van der Waals surface area (Å²) in [5, 5.41) is 0.929. The lowest BCUT2D eigenvalue weighted by molar-refractivity contribution is 0.0882. The van der Waals surface area contributed by atoms with Crippen LogP contribution in [0.15, 0.2) is 36.4 Å². The Balaban J connectivity index is 2.14. The third kappa shape index (κ3) is 1.16. The molecular formula is C12H10F2N2. The molecule has 2 aromatic rings. The number of alkyl halides is 2. The van der Waals surface area contributed by atoms with Gasteiger partial charge in [-0.05, 0) is 12.1 Å². The van der Waals surface area contributed by atoms with Gasteiger partial charge in [0, 0.05) is 11.8 Å². The van der Waals surface area contributed by atoms with Gasteiger partial charge in [-0.3, -0.25) is 4.98 Å². The molecule has 1 aromatic carbocycles. The predicted octanol–water partition coefficient (Wildman–Crippen LogP) is 2.43. The van der Waals surface area contributed by atoms with E-state index in [1.54, 1.807) is 18.2 Å². The largest absolute Gasteiger partial charge is 0.315 e. The Kier molecular flexibility index (Phi) is 1.67. The second-order valence-corrected chi connectivity index (χ2v) is 4.24. The zero-order chi connectivity index (χ0) is 11.4. The standard InChI is InChI=1S/C12H10F2N2/c13-12(14)7-11(12,15)10-6-5-8-3-1-2-4-9(8)16-10/h1-6H,7,15H2. The zero-order valence-electron chi connectivity index (χ0n) is 8.45. The second-order valence-electron chi connectivity index (χ2n) is 4.24. The summed E-state index contributed by atoms with van der Waals surface area (Å²) < 4.78 is 26.2. The van der Waals surface area contributed by atoms with Crippen molar-refractivity contribution in [2.24, 2.45) is 5.73 Å². The van der Waals surface area contributed by atoms with Crippen molar-refractivity contribution in [1.29, 1.82) is 0 Å². The number of para-hydroxylation sites is 1. The molecule has 1 saturated carbocycles. The van der Waals surface area contributed by atoms with Gasteiger partial charge in [-0.25, -0.2) is 8.78 Å². The molecular weight excluding hydrogens is 210 g/mol. The highest BCUT2D eigenvalue weighted by Gasteiger charge is 2.70. The van der Waals surface area contributed by atoms with E-state index in [0.717, 1.165) is 5.39 Å². The lowest BCUT2D eigenvalue weighted by atomic mass is 10.1. The van der Waals surface area contributed by atoms with Crippen LogP contribution >= 0.6 is 0 Å². The van der Waals surface area contributed by atoms with Gasteiger partial charge in [-0.2, -0.15) is 0 Å². The van der Waals surface area contributed by atoms with E-state index in [0.29, 0.717) is 5.52 Å². The predicted molar refractivity (Wildman–Crippen MR) is 57.2 cm³/mol. The van der Waals surface area contributed by atoms with Crippen molar-refractivity contribution in [3.05, 3.63) is 42.1 Å². The molecule has 1 atom stereocenters. The van der Waals surface area contributed by atoms with Crippen LogP contribution in [-0.4, -0.2) is 10.9 Å². The molecule has 0 amide bonds. The number of pyridine rings is 1. The minimum absolute atomic E-state index is 0.274. The molecule has 0 spiro atoms. The van der Waals surface area contributed by atoms with Crippen molar-refractivity contribution in [3.8, 4) is 0 Å². The van der Waals surface area contributed by atoms with Crippen LogP contribution in [0.2, 0.25) is 0 Å². The third-order valence-corrected chi connectivity index (χ3v) is 3.08. The highest BCUT2D eigenvalue weighted by molar-refractivity contribution is 5.78. The smallest absolute Gasteiger partial charge is 0.273 e. The number of hydrogen-bond donors (Lipinski definition) is 1. The van der Waals surface area contributed by atoms with E-state index in [-0.39, 0.29) is 12.1 Å². The molecule has 0 saturated heterocycles. The average Bonchev–Trinajstić information content (AvgIpc) is 2.79. The molecule has 1 unspecified atom stereocenters. The summed E-state index contributed by atoms with van der Waals surface area (Å²) in [6, 6.07) is 10.8. The molecule has 0 bridgehead atoms. The molecule has 0 aliphatic heterocycles. The third-order valence-electron chi connectivity index (χ3n) is 3.08. The molecule has 3 rings (SSSR count). The summed E-state index contributed by atoms with van der Waals surface area (Å²) in [6.07, 6.45) is -0.314. The van der Waals surface area contributed by atoms with Crippen LogP contribution in [-0.2, 0) is 5.54 Å². The van der Waals surface area contributed by atoms with Crippen molar-refractivity contribution >= 4 is 10.9 Å². The normalized spacial score (nSPS) is 26.9. The number of halogens is 2. The topological polar surface area (TPSA) is 38.9 Å². The summed E-state index contributed by atoms with van der Waals surface area (Å²) in [6.45, 7) is 0. The maximum atomic E-state index is 13.1. The molecule has 16 heavy (non-hydrogen) atoms. The van der Waals surface area contributed by atoms with Gasteiger partial charge in [0.2, 0.25) is 0 Å². The fourth-order valence-corrected chi connectivity index (χ4v) is 1.90. The van der Waals surface area contributed by atoms with Crippen LogP contribution in [0.25, 0.3) is 10.9 Å². The first-order valence-corrected chi connectivity index (χ1v) is 5.06. The van der Waals surface area contributed by atoms with Crippen molar-refractivity contribution in [2.75, 3.05) is 0 Å². The molecule has 4 heteroatoms. The van der Waals surface area contributed by atoms with E-state index in [1.807, 2.05) is 18.2 Å². The van der Waals surface area contributed by atoms with Crippen LogP contribution in [0.4, 0.5) is 8.78 Å². The number of nitrogens with zero attached hydrogens (tertiary/aromatic N) is 1. The number of fused-ring (bicyclic) bond motifs is 1. The highest BCUT2D eigenvalue weighted by Crippen LogP contribution is 2.57. The van der Waals surface area contributed by atoms with Crippen molar-refractivity contribution in [3.63, 3.8) is 0 Å². The summed E-state index contributed by atoms with van der Waals surface area (Å²) in [4.78, 5) is 4.20. The fourth-order valence-electron chi connectivity index (χ4n) is 1.90. The van der Waals surface area contributed by atoms with Gasteiger partial charge in [0.25, 0.3) is 5.92 Å². The maximum absolute atomic E-state index is 13.1. The van der Waals surface area contributed by atoms with E-state index in [9.17, 15) is 8.78 Å². The molecule has 0 radical (unpaired) electrons. The van der Waals surface area contributed by atoms with Crippen molar-refractivity contribution < 1.29 is 8.78 Å². The molecule has 2 N–H and O–H groups in total. The Morgan fingerprint density at radius 1 is 1.12 bits per heavy atom. The van der Waals surface area contributed by atoms with Gasteiger partial charge >= 0.3 is 0 Å². The summed E-state index contributed by atoms with van der Waals surface area (Å²) in [7, 11) is 0. The quantitative estimate of drug-likeness (QED) is 0.801. The Labute approximate surface area is 91.1 Å². The number of benzene rings is 1. The molecule has 1 heterocycles. The van der Waals surface area contributed by atoms with Crippen molar-refractivity contribution in [1.82, 2.24) is 4.98 Å². The number of rotatable bonds is 1. The Bertz CT molecular complexity index is 568. The highest BCUT2D eigenvalue weighted by atomic mass is 19.3. The number of nitrogens with two attached hydrogens (primary N) is 1. The van der Waals surface area contributed by atoms with Crippen LogP contribution in [0.5, 0.6) is 0 Å². The summed E-state index contributed by atoms with van der Waals surface area (Å²) in [5.41, 5.74) is 5.04. The zero-order valence-corrected chi connectivity index (χ0v) is 8.45. The fraction of sp³-hybridized carbons (Fsp3) is 0.250. The minimum atomic E-state index is -2.82. The Morgan fingerprint density at radius 2 is 1.81 bits per heavy atom. The van der Waals surface area contributed by atoms with Gasteiger partial charge in [0.1, 0.15) is 5.54 Å².